The van der Waals surface area contributed by atoms with Gasteiger partial charge in [-0.15, -0.1) is 16.4 Å². The van der Waals surface area contributed by atoms with Gasteiger partial charge in [-0.1, -0.05) is 24.3 Å². The molecule has 8 heteroatoms. The Bertz CT molecular complexity index is 945. The molecule has 7 nitrogen and oxygen atoms in total. The quantitative estimate of drug-likeness (QED) is 0.749. The Morgan fingerprint density at radius 1 is 1.07 bits per heavy atom. The monoisotopic (exact) mass is 382 g/mol. The van der Waals surface area contributed by atoms with Gasteiger partial charge in [0, 0.05) is 13.1 Å². The fraction of sp³-hybridized carbons (Fsp3) is 0.263. The van der Waals surface area contributed by atoms with Crippen LogP contribution in [0.5, 0.6) is 0 Å². The molecule has 0 atom stereocenters. The predicted molar refractivity (Wildman–Crippen MR) is 101 cm³/mol. The molecule has 1 aliphatic heterocycles. The van der Waals surface area contributed by atoms with E-state index < -0.39 is 5.97 Å². The molecule has 138 valence electrons. The maximum absolute atomic E-state index is 12.9. The van der Waals surface area contributed by atoms with Crippen LogP contribution in [-0.4, -0.2) is 49.7 Å². The molecule has 1 fully saturated rings. The van der Waals surface area contributed by atoms with Crippen LogP contribution in [0.4, 0.5) is 0 Å². The number of carbonyl (C=O) groups is 2. The lowest BCUT2D eigenvalue weighted by atomic mass is 9.97. The largest absolute Gasteiger partial charge is 0.481 e. The van der Waals surface area contributed by atoms with Crippen LogP contribution >= 0.6 is 11.3 Å². The van der Waals surface area contributed by atoms with E-state index in [2.05, 4.69) is 10.1 Å². The van der Waals surface area contributed by atoms with Crippen molar-refractivity contribution in [1.82, 2.24) is 19.7 Å². The van der Waals surface area contributed by atoms with Crippen LogP contribution in [0, 0.1) is 5.92 Å². The first kappa shape index (κ1) is 17.4. The van der Waals surface area contributed by atoms with Gasteiger partial charge in [0.15, 0.2) is 5.82 Å². The van der Waals surface area contributed by atoms with E-state index in [4.69, 9.17) is 5.11 Å². The van der Waals surface area contributed by atoms with Gasteiger partial charge >= 0.3 is 5.97 Å². The van der Waals surface area contributed by atoms with Gasteiger partial charge < -0.3 is 10.0 Å². The van der Waals surface area contributed by atoms with Gasteiger partial charge in [0.25, 0.3) is 5.91 Å². The molecule has 3 heterocycles. The van der Waals surface area contributed by atoms with Crippen molar-refractivity contribution in [3.8, 4) is 16.4 Å². The molecular formula is C19H18N4O3S. The van der Waals surface area contributed by atoms with Crippen molar-refractivity contribution in [3.05, 3.63) is 53.7 Å². The Morgan fingerprint density at radius 2 is 1.81 bits per heavy atom. The average Bonchev–Trinajstić information content (AvgIpc) is 3.38. The minimum absolute atomic E-state index is 0.135. The van der Waals surface area contributed by atoms with Crippen molar-refractivity contribution in [2.75, 3.05) is 13.1 Å². The summed E-state index contributed by atoms with van der Waals surface area (Å²) in [5.74, 6) is -0.679. The number of thiophene rings is 1. The molecule has 2 aromatic heterocycles. The summed E-state index contributed by atoms with van der Waals surface area (Å²) in [6.45, 7) is 0.814. The van der Waals surface area contributed by atoms with Crippen LogP contribution in [0.2, 0.25) is 0 Å². The predicted octanol–water partition coefficient (Wildman–Crippen LogP) is 2.93. The van der Waals surface area contributed by atoms with E-state index in [-0.39, 0.29) is 17.6 Å². The van der Waals surface area contributed by atoms with Crippen LogP contribution in [0.25, 0.3) is 16.4 Å². The SMILES string of the molecule is O=C(O)C1CCN(C(=O)c2nc(-c3cccs3)n(-c3ccccc3)n2)CC1. The van der Waals surface area contributed by atoms with E-state index in [0.29, 0.717) is 31.8 Å². The highest BCUT2D eigenvalue weighted by atomic mass is 32.1. The standard InChI is InChI=1S/C19H18N4O3S/c24-18(22-10-8-13(9-11-22)19(25)26)16-20-17(15-7-4-12-27-15)23(21-16)14-5-2-1-3-6-14/h1-7,12-13H,8-11H2,(H,25,26). The van der Waals surface area contributed by atoms with Crippen molar-refractivity contribution >= 4 is 23.2 Å². The topological polar surface area (TPSA) is 88.3 Å². The molecule has 1 saturated heterocycles. The van der Waals surface area contributed by atoms with E-state index in [1.807, 2.05) is 47.8 Å². The molecule has 27 heavy (non-hydrogen) atoms. The fourth-order valence-electron chi connectivity index (χ4n) is 3.19. The van der Waals surface area contributed by atoms with E-state index in [1.165, 1.54) is 11.3 Å². The molecule has 0 unspecified atom stereocenters. The second-order valence-electron chi connectivity index (χ2n) is 6.39. The third kappa shape index (κ3) is 3.48. The number of amides is 1. The van der Waals surface area contributed by atoms with Crippen LogP contribution in [0.3, 0.4) is 0 Å². The minimum atomic E-state index is -0.798. The van der Waals surface area contributed by atoms with Gasteiger partial charge in [0.1, 0.15) is 0 Å². The molecule has 1 aromatic carbocycles. The summed E-state index contributed by atoms with van der Waals surface area (Å²) in [4.78, 5) is 31.1. The van der Waals surface area contributed by atoms with Crippen molar-refractivity contribution in [2.24, 2.45) is 5.92 Å². The smallest absolute Gasteiger partial charge is 0.306 e. The summed E-state index contributed by atoms with van der Waals surface area (Å²) in [7, 11) is 0. The number of aliphatic carboxylic acids is 1. The lowest BCUT2D eigenvalue weighted by Gasteiger charge is -2.29. The first-order valence-electron chi connectivity index (χ1n) is 8.72. The van der Waals surface area contributed by atoms with Gasteiger partial charge in [-0.3, -0.25) is 9.59 Å². The van der Waals surface area contributed by atoms with E-state index in [1.54, 1.807) is 9.58 Å². The first-order valence-corrected chi connectivity index (χ1v) is 9.60. The summed E-state index contributed by atoms with van der Waals surface area (Å²) in [6.07, 6.45) is 0.913. The van der Waals surface area contributed by atoms with Gasteiger partial charge in [0.2, 0.25) is 5.82 Å². The van der Waals surface area contributed by atoms with Crippen LogP contribution in [-0.2, 0) is 4.79 Å². The van der Waals surface area contributed by atoms with Gasteiger partial charge in [-0.05, 0) is 36.4 Å². The van der Waals surface area contributed by atoms with Gasteiger partial charge in [-0.25, -0.2) is 9.67 Å². The number of para-hydroxylation sites is 1. The number of hydrogen-bond donors (Lipinski definition) is 1. The number of rotatable bonds is 4. The number of carbonyl (C=O) groups excluding carboxylic acids is 1. The molecular weight excluding hydrogens is 364 g/mol. The highest BCUT2D eigenvalue weighted by Gasteiger charge is 2.30. The van der Waals surface area contributed by atoms with Crippen LogP contribution < -0.4 is 0 Å². The third-order valence-electron chi connectivity index (χ3n) is 4.67. The van der Waals surface area contributed by atoms with Crippen molar-refractivity contribution in [3.63, 3.8) is 0 Å². The number of aromatic nitrogens is 3. The number of carboxylic acids is 1. The molecule has 0 saturated carbocycles. The molecule has 1 aliphatic rings. The molecule has 0 spiro atoms. The van der Waals surface area contributed by atoms with E-state index in [0.717, 1.165) is 10.6 Å². The Labute approximate surface area is 159 Å². The summed E-state index contributed by atoms with van der Waals surface area (Å²) in [6, 6.07) is 13.4. The first-order chi connectivity index (χ1) is 13.1. The Balaban J connectivity index is 1.64. The van der Waals surface area contributed by atoms with Crippen LogP contribution in [0.15, 0.2) is 47.8 Å². The van der Waals surface area contributed by atoms with E-state index >= 15 is 0 Å². The highest BCUT2D eigenvalue weighted by Crippen LogP contribution is 2.26. The van der Waals surface area contributed by atoms with Crippen molar-refractivity contribution < 1.29 is 14.7 Å². The zero-order chi connectivity index (χ0) is 18.8. The lowest BCUT2D eigenvalue weighted by molar-refractivity contribution is -0.143. The number of benzene rings is 1. The third-order valence-corrected chi connectivity index (χ3v) is 5.54. The zero-order valence-electron chi connectivity index (χ0n) is 14.5. The Hall–Kier alpha value is -3.00. The number of nitrogens with zero attached hydrogens (tertiary/aromatic N) is 4. The maximum atomic E-state index is 12.9. The second-order valence-corrected chi connectivity index (χ2v) is 7.34. The molecule has 1 amide bonds. The average molecular weight is 382 g/mol. The van der Waals surface area contributed by atoms with Gasteiger partial charge in [-0.2, -0.15) is 0 Å². The lowest BCUT2D eigenvalue weighted by Crippen LogP contribution is -2.40. The maximum Gasteiger partial charge on any atom is 0.306 e. The number of likely N-dealkylation sites (tertiary alicyclic amines) is 1. The van der Waals surface area contributed by atoms with Crippen molar-refractivity contribution in [1.29, 1.82) is 0 Å². The Morgan fingerprint density at radius 3 is 2.44 bits per heavy atom. The fourth-order valence-corrected chi connectivity index (χ4v) is 3.89. The van der Waals surface area contributed by atoms with Crippen LogP contribution in [0.1, 0.15) is 23.5 Å². The number of carboxylic acid groups (broad SMARTS) is 1. The molecule has 4 rings (SSSR count). The number of piperidine rings is 1. The second kappa shape index (κ2) is 7.32. The summed E-state index contributed by atoms with van der Waals surface area (Å²) in [5, 5.41) is 15.5. The highest BCUT2D eigenvalue weighted by molar-refractivity contribution is 7.13. The number of hydrogen-bond acceptors (Lipinski definition) is 5. The normalized spacial score (nSPS) is 15.0. The van der Waals surface area contributed by atoms with E-state index in [9.17, 15) is 9.59 Å². The van der Waals surface area contributed by atoms with Crippen molar-refractivity contribution in [2.45, 2.75) is 12.8 Å². The summed E-state index contributed by atoms with van der Waals surface area (Å²) >= 11 is 1.54. The molecule has 0 radical (unpaired) electrons. The Kier molecular flexibility index (Phi) is 4.72. The summed E-state index contributed by atoms with van der Waals surface area (Å²) in [5.41, 5.74) is 0.831. The molecule has 3 aromatic rings. The van der Waals surface area contributed by atoms with Gasteiger partial charge in [0.05, 0.1) is 16.5 Å². The minimum Gasteiger partial charge on any atom is -0.481 e. The molecule has 0 bridgehead atoms. The molecule has 0 aliphatic carbocycles. The summed E-state index contributed by atoms with van der Waals surface area (Å²) < 4.78 is 1.68. The zero-order valence-corrected chi connectivity index (χ0v) is 15.3. The molecule has 1 N–H and O–H groups in total.